The Balaban J connectivity index is 1.44. The molecule has 7 nitrogen and oxygen atoms in total. The van der Waals surface area contributed by atoms with Crippen LogP contribution in [0.25, 0.3) is 28.4 Å². The van der Waals surface area contributed by atoms with Crippen molar-refractivity contribution in [2.24, 2.45) is 0 Å². The fourth-order valence-corrected chi connectivity index (χ4v) is 4.53. The van der Waals surface area contributed by atoms with Gasteiger partial charge >= 0.3 is 0 Å². The molecule has 0 radical (unpaired) electrons. The van der Waals surface area contributed by atoms with Gasteiger partial charge in [-0.05, 0) is 55.5 Å². The third-order valence-corrected chi connectivity index (χ3v) is 6.39. The third-order valence-electron chi connectivity index (χ3n) is 4.99. The summed E-state index contributed by atoms with van der Waals surface area (Å²) in [5.41, 5.74) is 2.87. The van der Waals surface area contributed by atoms with Crippen molar-refractivity contribution in [1.29, 1.82) is 0 Å². The highest BCUT2D eigenvalue weighted by Crippen LogP contribution is 2.26. The van der Waals surface area contributed by atoms with Crippen molar-refractivity contribution in [3.63, 3.8) is 0 Å². The van der Waals surface area contributed by atoms with Crippen molar-refractivity contribution in [2.45, 2.75) is 11.8 Å². The molecule has 5 rings (SSSR count). The quantitative estimate of drug-likeness (QED) is 0.392. The van der Waals surface area contributed by atoms with Gasteiger partial charge in [0.2, 0.25) is 0 Å². The molecule has 0 unspecified atom stereocenters. The number of aromatic nitrogens is 3. The standard InChI is InChI=1S/C23H16F2N4O3S/c1-14-5-11-20(32-14)19-13-26-22-12-10-18(27-29(19)22)15-6-8-16(9-7-15)28-33(30,31)21-4-2-3-17(24)23(21)25/h2-13,28H,1H3. The zero-order valence-electron chi connectivity index (χ0n) is 17.2. The number of benzene rings is 2. The SMILES string of the molecule is Cc1ccc(-c2cnc3ccc(-c4ccc(NS(=O)(=O)c5cccc(F)c5F)cc4)nn23)o1. The minimum absolute atomic E-state index is 0.192. The van der Waals surface area contributed by atoms with Crippen molar-refractivity contribution in [1.82, 2.24) is 14.6 Å². The number of nitrogens with zero attached hydrogens (tertiary/aromatic N) is 3. The highest BCUT2D eigenvalue weighted by atomic mass is 32.2. The number of furan rings is 1. The molecule has 0 aliphatic heterocycles. The summed E-state index contributed by atoms with van der Waals surface area (Å²) in [7, 11) is -4.30. The van der Waals surface area contributed by atoms with Gasteiger partial charge in [-0.1, -0.05) is 18.2 Å². The first-order valence-electron chi connectivity index (χ1n) is 9.81. The van der Waals surface area contributed by atoms with Crippen LogP contribution >= 0.6 is 0 Å². The van der Waals surface area contributed by atoms with Crippen molar-refractivity contribution in [3.05, 3.63) is 90.3 Å². The summed E-state index contributed by atoms with van der Waals surface area (Å²) in [6.07, 6.45) is 1.67. The molecule has 0 aliphatic rings. The van der Waals surface area contributed by atoms with Crippen LogP contribution in [0.2, 0.25) is 0 Å². The zero-order valence-corrected chi connectivity index (χ0v) is 18.0. The molecule has 0 saturated heterocycles. The lowest BCUT2D eigenvalue weighted by Crippen LogP contribution is -2.15. The largest absolute Gasteiger partial charge is 0.460 e. The number of anilines is 1. The Kier molecular flexibility index (Phi) is 4.94. The predicted molar refractivity (Wildman–Crippen MR) is 118 cm³/mol. The van der Waals surface area contributed by atoms with Gasteiger partial charge in [0.1, 0.15) is 16.3 Å². The van der Waals surface area contributed by atoms with Gasteiger partial charge in [-0.25, -0.2) is 26.7 Å². The van der Waals surface area contributed by atoms with Crippen molar-refractivity contribution in [3.8, 4) is 22.7 Å². The summed E-state index contributed by atoms with van der Waals surface area (Å²) in [5, 5.41) is 4.63. The Bertz CT molecular complexity index is 1590. The molecular weight excluding hydrogens is 450 g/mol. The van der Waals surface area contributed by atoms with Crippen LogP contribution in [0.3, 0.4) is 0 Å². The van der Waals surface area contributed by atoms with E-state index in [0.717, 1.165) is 24.0 Å². The molecule has 0 saturated carbocycles. The molecule has 2 aromatic carbocycles. The third kappa shape index (κ3) is 3.85. The van der Waals surface area contributed by atoms with Gasteiger partial charge in [0.25, 0.3) is 10.0 Å². The number of imidazole rings is 1. The number of halogens is 2. The van der Waals surface area contributed by atoms with Gasteiger partial charge in [-0.15, -0.1) is 0 Å². The highest BCUT2D eigenvalue weighted by molar-refractivity contribution is 7.92. The number of hydrogen-bond acceptors (Lipinski definition) is 5. The summed E-state index contributed by atoms with van der Waals surface area (Å²) >= 11 is 0. The monoisotopic (exact) mass is 466 g/mol. The van der Waals surface area contributed by atoms with E-state index < -0.39 is 26.6 Å². The summed E-state index contributed by atoms with van der Waals surface area (Å²) in [6.45, 7) is 1.85. The van der Waals surface area contributed by atoms with E-state index in [1.165, 1.54) is 12.1 Å². The molecule has 3 heterocycles. The molecule has 33 heavy (non-hydrogen) atoms. The molecular formula is C23H16F2N4O3S. The normalized spacial score (nSPS) is 11.7. The zero-order chi connectivity index (χ0) is 23.2. The van der Waals surface area contributed by atoms with E-state index in [-0.39, 0.29) is 5.69 Å². The molecule has 0 fully saturated rings. The second-order valence-corrected chi connectivity index (χ2v) is 8.93. The Morgan fingerprint density at radius 3 is 2.48 bits per heavy atom. The maximum atomic E-state index is 13.9. The minimum atomic E-state index is -4.30. The van der Waals surface area contributed by atoms with Gasteiger partial charge in [0.05, 0.1) is 11.9 Å². The van der Waals surface area contributed by atoms with E-state index in [4.69, 9.17) is 4.42 Å². The molecule has 10 heteroatoms. The fraction of sp³-hybridized carbons (Fsp3) is 0.0435. The Hall–Kier alpha value is -4.05. The number of nitrogens with one attached hydrogen (secondary N) is 1. The van der Waals surface area contributed by atoms with E-state index in [0.29, 0.717) is 28.4 Å². The summed E-state index contributed by atoms with van der Waals surface area (Å²) < 4.78 is 61.9. The van der Waals surface area contributed by atoms with Gasteiger partial charge in [-0.3, -0.25) is 4.72 Å². The van der Waals surface area contributed by atoms with Gasteiger partial charge in [-0.2, -0.15) is 5.10 Å². The molecule has 166 valence electrons. The summed E-state index contributed by atoms with van der Waals surface area (Å²) in [6, 6.07) is 16.6. The fourth-order valence-electron chi connectivity index (χ4n) is 3.38. The van der Waals surface area contributed by atoms with Gasteiger partial charge < -0.3 is 4.42 Å². The Morgan fingerprint density at radius 2 is 1.76 bits per heavy atom. The van der Waals surface area contributed by atoms with E-state index in [1.807, 2.05) is 25.1 Å². The second-order valence-electron chi connectivity index (χ2n) is 7.28. The number of hydrogen-bond donors (Lipinski definition) is 1. The van der Waals surface area contributed by atoms with Crippen LogP contribution in [0.4, 0.5) is 14.5 Å². The Morgan fingerprint density at radius 1 is 0.970 bits per heavy atom. The van der Waals surface area contributed by atoms with Crippen LogP contribution in [-0.4, -0.2) is 23.0 Å². The smallest absolute Gasteiger partial charge is 0.264 e. The first-order chi connectivity index (χ1) is 15.8. The average Bonchev–Trinajstić information content (AvgIpc) is 3.41. The van der Waals surface area contributed by atoms with Gasteiger partial charge in [0, 0.05) is 11.3 Å². The number of aryl methyl sites for hydroxylation is 1. The minimum Gasteiger partial charge on any atom is -0.460 e. The lowest BCUT2D eigenvalue weighted by Gasteiger charge is -2.10. The van der Waals surface area contributed by atoms with Crippen molar-refractivity contribution >= 4 is 21.4 Å². The van der Waals surface area contributed by atoms with Crippen LogP contribution < -0.4 is 4.72 Å². The van der Waals surface area contributed by atoms with Crippen molar-refractivity contribution in [2.75, 3.05) is 4.72 Å². The maximum Gasteiger partial charge on any atom is 0.264 e. The second kappa shape index (κ2) is 7.82. The number of fused-ring (bicyclic) bond motifs is 1. The predicted octanol–water partition coefficient (Wildman–Crippen LogP) is 5.04. The van der Waals surface area contributed by atoms with Gasteiger partial charge in [0.15, 0.2) is 23.0 Å². The molecule has 0 bridgehead atoms. The van der Waals surface area contributed by atoms with Crippen LogP contribution in [0.1, 0.15) is 5.76 Å². The molecule has 0 atom stereocenters. The molecule has 1 N–H and O–H groups in total. The van der Waals surface area contributed by atoms with E-state index in [1.54, 1.807) is 28.9 Å². The van der Waals surface area contributed by atoms with E-state index >= 15 is 0 Å². The van der Waals surface area contributed by atoms with Crippen LogP contribution in [0, 0.1) is 18.6 Å². The first kappa shape index (κ1) is 20.8. The summed E-state index contributed by atoms with van der Waals surface area (Å²) in [5.74, 6) is -1.26. The first-order valence-corrected chi connectivity index (χ1v) is 11.3. The average molecular weight is 466 g/mol. The number of rotatable bonds is 5. The molecule has 3 aromatic heterocycles. The van der Waals surface area contributed by atoms with E-state index in [9.17, 15) is 17.2 Å². The molecule has 0 spiro atoms. The topological polar surface area (TPSA) is 89.5 Å². The Labute approximate surface area is 187 Å². The van der Waals surface area contributed by atoms with Crippen LogP contribution in [-0.2, 0) is 10.0 Å². The van der Waals surface area contributed by atoms with Crippen LogP contribution in [0.15, 0.2) is 82.2 Å². The lowest BCUT2D eigenvalue weighted by molar-refractivity contribution is 0.485. The molecule has 0 amide bonds. The summed E-state index contributed by atoms with van der Waals surface area (Å²) in [4.78, 5) is 3.58. The highest BCUT2D eigenvalue weighted by Gasteiger charge is 2.21. The van der Waals surface area contributed by atoms with E-state index in [2.05, 4.69) is 14.8 Å². The van der Waals surface area contributed by atoms with Crippen LogP contribution in [0.5, 0.6) is 0 Å². The molecule has 5 aromatic rings. The number of sulfonamides is 1. The molecule has 0 aliphatic carbocycles. The lowest BCUT2D eigenvalue weighted by atomic mass is 10.1. The van der Waals surface area contributed by atoms with Crippen molar-refractivity contribution < 1.29 is 21.6 Å². The maximum absolute atomic E-state index is 13.9.